The zero-order chi connectivity index (χ0) is 14.7. The Bertz CT molecular complexity index is 685. The normalized spacial score (nSPS) is 16.3. The lowest BCUT2D eigenvalue weighted by atomic mass is 10.0. The number of hydrogen-bond donors (Lipinski definition) is 1. The van der Waals surface area contributed by atoms with Crippen LogP contribution in [0.15, 0.2) is 60.7 Å². The highest BCUT2D eigenvalue weighted by molar-refractivity contribution is 5.60. The van der Waals surface area contributed by atoms with E-state index < -0.39 is 5.54 Å². The predicted octanol–water partition coefficient (Wildman–Crippen LogP) is 2.22. The molecule has 5 nitrogen and oxygen atoms in total. The van der Waals surface area contributed by atoms with Gasteiger partial charge < -0.3 is 0 Å². The van der Waals surface area contributed by atoms with Crippen LogP contribution in [0.1, 0.15) is 0 Å². The van der Waals surface area contributed by atoms with E-state index in [1.165, 1.54) is 0 Å². The Hall–Kier alpha value is -3.02. The number of anilines is 2. The molecular formula is C16H13N5. The molecule has 3 rings (SSSR count). The average molecular weight is 275 g/mol. The second-order valence-corrected chi connectivity index (χ2v) is 4.78. The number of rotatable bonds is 2. The van der Waals surface area contributed by atoms with Crippen LogP contribution in [0.5, 0.6) is 0 Å². The van der Waals surface area contributed by atoms with Gasteiger partial charge in [-0.05, 0) is 24.3 Å². The van der Waals surface area contributed by atoms with E-state index in [0.717, 1.165) is 11.4 Å². The Morgan fingerprint density at radius 1 is 0.857 bits per heavy atom. The first-order chi connectivity index (χ1) is 10.3. The maximum atomic E-state index is 9.53. The van der Waals surface area contributed by atoms with E-state index in [1.54, 1.807) is 10.0 Å². The fourth-order valence-electron chi connectivity index (χ4n) is 2.35. The Morgan fingerprint density at radius 2 is 1.38 bits per heavy atom. The summed E-state index contributed by atoms with van der Waals surface area (Å²) in [5.41, 5.74) is 3.56. The van der Waals surface area contributed by atoms with Gasteiger partial charge in [-0.3, -0.25) is 10.0 Å². The first-order valence-corrected chi connectivity index (χ1v) is 6.56. The zero-order valence-corrected chi connectivity index (χ0v) is 11.3. The molecule has 102 valence electrons. The molecule has 1 N–H and O–H groups in total. The van der Waals surface area contributed by atoms with Crippen LogP contribution in [0.4, 0.5) is 11.4 Å². The Kier molecular flexibility index (Phi) is 3.19. The standard InChI is InChI=1S/C16H13N5/c17-11-16(12-18)13-20(14-7-3-1-4-8-14)19-21(16)15-9-5-2-6-10-15/h1-10,19H,13H2. The lowest BCUT2D eigenvalue weighted by Crippen LogP contribution is -2.48. The van der Waals surface area contributed by atoms with Crippen molar-refractivity contribution in [1.29, 1.82) is 10.5 Å². The molecule has 0 bridgehead atoms. The van der Waals surface area contributed by atoms with Crippen molar-refractivity contribution in [3.63, 3.8) is 0 Å². The lowest BCUT2D eigenvalue weighted by Gasteiger charge is -2.26. The maximum Gasteiger partial charge on any atom is 0.248 e. The second kappa shape index (κ2) is 5.16. The minimum absolute atomic E-state index is 0.263. The molecule has 0 spiro atoms. The van der Waals surface area contributed by atoms with Crippen molar-refractivity contribution in [2.75, 3.05) is 16.6 Å². The van der Waals surface area contributed by atoms with Gasteiger partial charge in [0, 0.05) is 0 Å². The van der Waals surface area contributed by atoms with Crippen molar-refractivity contribution < 1.29 is 0 Å². The number of benzene rings is 2. The molecular weight excluding hydrogens is 262 g/mol. The van der Waals surface area contributed by atoms with Crippen molar-refractivity contribution in [2.45, 2.75) is 5.54 Å². The van der Waals surface area contributed by atoms with Crippen LogP contribution in [0.2, 0.25) is 0 Å². The molecule has 0 unspecified atom stereocenters. The van der Waals surface area contributed by atoms with E-state index in [9.17, 15) is 10.5 Å². The van der Waals surface area contributed by atoms with Gasteiger partial charge in [-0.25, -0.2) is 0 Å². The van der Waals surface area contributed by atoms with E-state index >= 15 is 0 Å². The molecule has 0 aromatic heterocycles. The molecule has 5 heteroatoms. The van der Waals surface area contributed by atoms with Gasteiger partial charge in [-0.1, -0.05) is 36.4 Å². The first-order valence-electron chi connectivity index (χ1n) is 6.56. The minimum Gasteiger partial charge on any atom is -0.286 e. The van der Waals surface area contributed by atoms with E-state index in [-0.39, 0.29) is 6.54 Å². The monoisotopic (exact) mass is 275 g/mol. The molecule has 1 aliphatic heterocycles. The van der Waals surface area contributed by atoms with Crippen LogP contribution < -0.4 is 15.6 Å². The highest BCUT2D eigenvalue weighted by Crippen LogP contribution is 2.29. The van der Waals surface area contributed by atoms with E-state index in [4.69, 9.17) is 0 Å². The summed E-state index contributed by atoms with van der Waals surface area (Å²) in [4.78, 5) is 0. The van der Waals surface area contributed by atoms with Gasteiger partial charge in [0.25, 0.3) is 0 Å². The summed E-state index contributed by atoms with van der Waals surface area (Å²) in [6, 6.07) is 23.3. The third-order valence-corrected chi connectivity index (χ3v) is 3.44. The third kappa shape index (κ3) is 2.16. The number of nitriles is 2. The Morgan fingerprint density at radius 3 is 1.90 bits per heavy atom. The molecule has 0 saturated carbocycles. The van der Waals surface area contributed by atoms with Crippen LogP contribution in [0.25, 0.3) is 0 Å². The fourth-order valence-corrected chi connectivity index (χ4v) is 2.35. The molecule has 1 saturated heterocycles. The molecule has 1 heterocycles. The summed E-state index contributed by atoms with van der Waals surface area (Å²) in [7, 11) is 0. The largest absolute Gasteiger partial charge is 0.286 e. The molecule has 0 amide bonds. The molecule has 1 aliphatic rings. The van der Waals surface area contributed by atoms with E-state index in [0.29, 0.717) is 0 Å². The van der Waals surface area contributed by atoms with Gasteiger partial charge in [-0.15, -0.1) is 5.53 Å². The van der Waals surface area contributed by atoms with Gasteiger partial charge in [0.1, 0.15) is 12.1 Å². The molecule has 0 aliphatic carbocycles. The Balaban J connectivity index is 2.00. The first kappa shape index (κ1) is 13.0. The third-order valence-electron chi connectivity index (χ3n) is 3.44. The van der Waals surface area contributed by atoms with Gasteiger partial charge >= 0.3 is 0 Å². The number of para-hydroxylation sites is 2. The van der Waals surface area contributed by atoms with Gasteiger partial charge in [0.05, 0.1) is 17.9 Å². The molecule has 2 aromatic rings. The smallest absolute Gasteiger partial charge is 0.248 e. The lowest BCUT2D eigenvalue weighted by molar-refractivity contribution is 0.662. The topological polar surface area (TPSA) is 66.1 Å². The second-order valence-electron chi connectivity index (χ2n) is 4.78. The zero-order valence-electron chi connectivity index (χ0n) is 11.3. The maximum absolute atomic E-state index is 9.53. The van der Waals surface area contributed by atoms with Gasteiger partial charge in [-0.2, -0.15) is 10.5 Å². The number of hydrazine groups is 2. The van der Waals surface area contributed by atoms with Crippen LogP contribution >= 0.6 is 0 Å². The van der Waals surface area contributed by atoms with Crippen molar-refractivity contribution in [3.05, 3.63) is 60.7 Å². The average Bonchev–Trinajstić information content (AvgIpc) is 2.97. The highest BCUT2D eigenvalue weighted by Gasteiger charge is 2.46. The van der Waals surface area contributed by atoms with Crippen molar-refractivity contribution in [2.24, 2.45) is 0 Å². The van der Waals surface area contributed by atoms with Crippen LogP contribution in [0.3, 0.4) is 0 Å². The number of nitrogens with one attached hydrogen (secondary N) is 1. The van der Waals surface area contributed by atoms with Crippen molar-refractivity contribution in [1.82, 2.24) is 5.53 Å². The predicted molar refractivity (Wildman–Crippen MR) is 79.8 cm³/mol. The van der Waals surface area contributed by atoms with Crippen molar-refractivity contribution in [3.8, 4) is 12.1 Å². The fraction of sp³-hybridized carbons (Fsp3) is 0.125. The Labute approximate surface area is 123 Å². The summed E-state index contributed by atoms with van der Waals surface area (Å²) in [6.07, 6.45) is 0. The number of nitrogens with zero attached hydrogens (tertiary/aromatic N) is 4. The summed E-state index contributed by atoms with van der Waals surface area (Å²) in [5.74, 6) is 0. The van der Waals surface area contributed by atoms with Crippen LogP contribution in [-0.4, -0.2) is 12.1 Å². The molecule has 2 aromatic carbocycles. The molecule has 1 fully saturated rings. The van der Waals surface area contributed by atoms with Gasteiger partial charge in [0.2, 0.25) is 5.54 Å². The van der Waals surface area contributed by atoms with Crippen LogP contribution in [0, 0.1) is 22.7 Å². The summed E-state index contributed by atoms with van der Waals surface area (Å²) in [5, 5.41) is 22.5. The van der Waals surface area contributed by atoms with Gasteiger partial charge in [0.15, 0.2) is 0 Å². The SMILES string of the molecule is N#CC1(C#N)CN(c2ccccc2)NN1c1ccccc1. The van der Waals surface area contributed by atoms with Crippen molar-refractivity contribution >= 4 is 11.4 Å². The minimum atomic E-state index is -1.27. The summed E-state index contributed by atoms with van der Waals surface area (Å²) >= 11 is 0. The molecule has 0 atom stereocenters. The molecule has 0 radical (unpaired) electrons. The summed E-state index contributed by atoms with van der Waals surface area (Å²) < 4.78 is 0. The summed E-state index contributed by atoms with van der Waals surface area (Å²) in [6.45, 7) is 0.263. The van der Waals surface area contributed by atoms with E-state index in [1.807, 2.05) is 60.7 Å². The highest BCUT2D eigenvalue weighted by atomic mass is 15.8. The molecule has 21 heavy (non-hydrogen) atoms. The van der Waals surface area contributed by atoms with Crippen LogP contribution in [-0.2, 0) is 0 Å². The number of hydrogen-bond acceptors (Lipinski definition) is 5. The quantitative estimate of drug-likeness (QED) is 0.910. The van der Waals surface area contributed by atoms with E-state index in [2.05, 4.69) is 17.7 Å².